The van der Waals surface area contributed by atoms with E-state index in [2.05, 4.69) is 20.4 Å². The third kappa shape index (κ3) is 6.89. The van der Waals surface area contributed by atoms with Crippen LogP contribution in [0.5, 0.6) is 5.75 Å². The van der Waals surface area contributed by atoms with Crippen molar-refractivity contribution >= 4 is 36.9 Å². The fourth-order valence-electron chi connectivity index (χ4n) is 1.75. The standard InChI is InChI=1S/C13H21BN8O3/c1-2-3-25-11-9(7-20-22-13(17)18)4-8(5-10(11)14(23)24)6-19-21-12(15)16/h4-7,23-24H,2-3H2,1H3,(H4,15,16,21)(H4,17,18,22). The van der Waals surface area contributed by atoms with Crippen LogP contribution >= 0.6 is 0 Å². The van der Waals surface area contributed by atoms with Crippen molar-refractivity contribution in [1.82, 2.24) is 0 Å². The molecule has 0 fully saturated rings. The van der Waals surface area contributed by atoms with Crippen molar-refractivity contribution < 1.29 is 14.8 Å². The smallest absolute Gasteiger partial charge is 0.492 e. The first-order valence-corrected chi connectivity index (χ1v) is 7.26. The summed E-state index contributed by atoms with van der Waals surface area (Å²) in [6.45, 7) is 2.28. The van der Waals surface area contributed by atoms with Crippen molar-refractivity contribution in [2.45, 2.75) is 13.3 Å². The van der Waals surface area contributed by atoms with Gasteiger partial charge in [-0.25, -0.2) is 0 Å². The molecule has 0 radical (unpaired) electrons. The van der Waals surface area contributed by atoms with E-state index in [9.17, 15) is 10.0 Å². The van der Waals surface area contributed by atoms with Crippen LogP contribution in [0.2, 0.25) is 0 Å². The highest BCUT2D eigenvalue weighted by atomic mass is 16.5. The molecule has 1 rings (SSSR count). The zero-order valence-corrected chi connectivity index (χ0v) is 13.7. The second kappa shape index (κ2) is 9.90. The Bertz CT molecular complexity index is 695. The maximum atomic E-state index is 9.63. The Morgan fingerprint density at radius 1 is 1.08 bits per heavy atom. The molecule has 12 heteroatoms. The lowest BCUT2D eigenvalue weighted by molar-refractivity contribution is 0.317. The molecule has 0 atom stereocenters. The first kappa shape index (κ1) is 19.9. The summed E-state index contributed by atoms with van der Waals surface area (Å²) in [5, 5.41) is 33.6. The molecule has 25 heavy (non-hydrogen) atoms. The van der Waals surface area contributed by atoms with Gasteiger partial charge in [-0.1, -0.05) is 6.92 Å². The van der Waals surface area contributed by atoms with Gasteiger partial charge in [0.1, 0.15) is 5.75 Å². The molecule has 0 saturated carbocycles. The minimum atomic E-state index is -1.78. The van der Waals surface area contributed by atoms with Gasteiger partial charge in [0.25, 0.3) is 0 Å². The maximum absolute atomic E-state index is 9.63. The maximum Gasteiger partial charge on any atom is 0.492 e. The second-order valence-electron chi connectivity index (χ2n) is 4.79. The molecule has 0 aliphatic carbocycles. The molecule has 10 N–H and O–H groups in total. The summed E-state index contributed by atoms with van der Waals surface area (Å²) in [4.78, 5) is 0. The summed E-state index contributed by atoms with van der Waals surface area (Å²) >= 11 is 0. The zero-order chi connectivity index (χ0) is 18.8. The van der Waals surface area contributed by atoms with Crippen LogP contribution in [0.15, 0.2) is 32.5 Å². The predicted octanol–water partition coefficient (Wildman–Crippen LogP) is -2.63. The van der Waals surface area contributed by atoms with E-state index in [0.29, 0.717) is 17.7 Å². The van der Waals surface area contributed by atoms with Gasteiger partial charge in [-0.15, -0.1) is 10.2 Å². The Morgan fingerprint density at radius 3 is 2.20 bits per heavy atom. The minimum absolute atomic E-state index is 0.119. The predicted molar refractivity (Wildman–Crippen MR) is 98.9 cm³/mol. The van der Waals surface area contributed by atoms with Crippen molar-refractivity contribution in [3.8, 4) is 5.75 Å². The van der Waals surface area contributed by atoms with Crippen molar-refractivity contribution in [3.63, 3.8) is 0 Å². The number of hydrogen-bond donors (Lipinski definition) is 6. The number of nitrogens with two attached hydrogens (primary N) is 4. The third-order valence-electron chi connectivity index (χ3n) is 2.65. The number of ether oxygens (including phenoxy) is 1. The summed E-state index contributed by atoms with van der Waals surface area (Å²) in [7, 11) is -1.78. The molecule has 0 saturated heterocycles. The van der Waals surface area contributed by atoms with E-state index < -0.39 is 7.12 Å². The van der Waals surface area contributed by atoms with Crippen LogP contribution in [0.4, 0.5) is 0 Å². The third-order valence-corrected chi connectivity index (χ3v) is 2.65. The van der Waals surface area contributed by atoms with Gasteiger partial charge in [0.2, 0.25) is 11.9 Å². The van der Waals surface area contributed by atoms with Crippen LogP contribution in [0.25, 0.3) is 0 Å². The first-order chi connectivity index (χ1) is 11.8. The van der Waals surface area contributed by atoms with Crippen LogP contribution < -0.4 is 33.1 Å². The van der Waals surface area contributed by atoms with Crippen LogP contribution in [0.1, 0.15) is 24.5 Å². The summed E-state index contributed by atoms with van der Waals surface area (Å²) in [6, 6.07) is 3.09. The van der Waals surface area contributed by atoms with E-state index in [0.717, 1.165) is 6.42 Å². The van der Waals surface area contributed by atoms with Crippen LogP contribution in [0.3, 0.4) is 0 Å². The van der Waals surface area contributed by atoms with Gasteiger partial charge in [-0.3, -0.25) is 0 Å². The Kier molecular flexibility index (Phi) is 7.89. The molecule has 0 unspecified atom stereocenters. The Hall–Kier alpha value is -3.12. The van der Waals surface area contributed by atoms with E-state index in [1.807, 2.05) is 6.92 Å². The Balaban J connectivity index is 3.41. The lowest BCUT2D eigenvalue weighted by Crippen LogP contribution is -2.33. The second-order valence-corrected chi connectivity index (χ2v) is 4.79. The Morgan fingerprint density at radius 2 is 1.68 bits per heavy atom. The van der Waals surface area contributed by atoms with E-state index in [4.69, 9.17) is 27.7 Å². The molecule has 1 aromatic rings. The number of hydrogen-bond acceptors (Lipinski definition) is 7. The van der Waals surface area contributed by atoms with E-state index in [1.165, 1.54) is 18.5 Å². The topological polar surface area (TPSA) is 203 Å². The number of rotatable bonds is 8. The normalized spacial score (nSPS) is 10.8. The molecular weight excluding hydrogens is 327 g/mol. The van der Waals surface area contributed by atoms with Crippen LogP contribution in [0, 0.1) is 0 Å². The van der Waals surface area contributed by atoms with E-state index in [1.54, 1.807) is 6.07 Å². The molecule has 134 valence electrons. The van der Waals surface area contributed by atoms with Gasteiger partial charge < -0.3 is 37.7 Å². The van der Waals surface area contributed by atoms with Gasteiger partial charge in [0.05, 0.1) is 19.0 Å². The van der Waals surface area contributed by atoms with Gasteiger partial charge >= 0.3 is 7.12 Å². The summed E-state index contributed by atoms with van der Waals surface area (Å²) in [6.07, 6.45) is 3.36. The van der Waals surface area contributed by atoms with Gasteiger partial charge in [0.15, 0.2) is 0 Å². The molecule has 0 aliphatic heterocycles. The fourth-order valence-corrected chi connectivity index (χ4v) is 1.75. The molecule has 1 aromatic carbocycles. The highest BCUT2D eigenvalue weighted by Crippen LogP contribution is 2.17. The molecule has 0 bridgehead atoms. The largest absolute Gasteiger partial charge is 0.493 e. The average molecular weight is 348 g/mol. The molecule has 0 heterocycles. The van der Waals surface area contributed by atoms with Gasteiger partial charge in [-0.2, -0.15) is 10.2 Å². The molecule has 0 amide bonds. The van der Waals surface area contributed by atoms with Crippen molar-refractivity contribution in [1.29, 1.82) is 0 Å². The van der Waals surface area contributed by atoms with E-state index in [-0.39, 0.29) is 23.1 Å². The number of nitrogens with zero attached hydrogens (tertiary/aromatic N) is 4. The van der Waals surface area contributed by atoms with E-state index >= 15 is 0 Å². The average Bonchev–Trinajstić information content (AvgIpc) is 2.52. The van der Waals surface area contributed by atoms with Crippen molar-refractivity contribution in [2.24, 2.45) is 43.3 Å². The van der Waals surface area contributed by atoms with Crippen LogP contribution in [-0.4, -0.2) is 48.1 Å². The zero-order valence-electron chi connectivity index (χ0n) is 13.7. The SMILES string of the molecule is CCCOc1c(C=NN=C(N)N)cc(C=NN=C(N)N)cc1B(O)O. The summed E-state index contributed by atoms with van der Waals surface area (Å²) < 4.78 is 5.60. The monoisotopic (exact) mass is 348 g/mol. The molecular formula is C13H21BN8O3. The van der Waals surface area contributed by atoms with Gasteiger partial charge in [0, 0.05) is 11.0 Å². The molecule has 0 spiro atoms. The lowest BCUT2D eigenvalue weighted by atomic mass is 9.77. The Labute approximate surface area is 144 Å². The molecule has 11 nitrogen and oxygen atoms in total. The van der Waals surface area contributed by atoms with Crippen molar-refractivity contribution in [2.75, 3.05) is 6.61 Å². The summed E-state index contributed by atoms with van der Waals surface area (Å²) in [5.41, 5.74) is 21.8. The molecule has 0 aromatic heterocycles. The fraction of sp³-hybridized carbons (Fsp3) is 0.231. The van der Waals surface area contributed by atoms with Crippen molar-refractivity contribution in [3.05, 3.63) is 23.3 Å². The minimum Gasteiger partial charge on any atom is -0.493 e. The number of guanidine groups is 2. The highest BCUT2D eigenvalue weighted by molar-refractivity contribution is 6.60. The number of benzene rings is 1. The lowest BCUT2D eigenvalue weighted by Gasteiger charge is -2.14. The van der Waals surface area contributed by atoms with Gasteiger partial charge in [-0.05, 0) is 24.1 Å². The van der Waals surface area contributed by atoms with Crippen LogP contribution in [-0.2, 0) is 0 Å². The summed E-state index contributed by atoms with van der Waals surface area (Å²) in [5.74, 6) is -0.193. The first-order valence-electron chi connectivity index (χ1n) is 7.26. The molecule has 0 aliphatic rings. The highest BCUT2D eigenvalue weighted by Gasteiger charge is 2.21. The quantitative estimate of drug-likeness (QED) is 0.127.